The monoisotopic (exact) mass is 652 g/mol. The molecule has 1 aliphatic rings. The average Bonchev–Trinajstić information content (AvgIpc) is 3.11. The molecule has 1 saturated heterocycles. The van der Waals surface area contributed by atoms with E-state index in [-0.39, 0.29) is 37.1 Å². The molecule has 48 heavy (non-hydrogen) atoms. The van der Waals surface area contributed by atoms with Gasteiger partial charge in [-0.25, -0.2) is 4.79 Å². The lowest BCUT2D eigenvalue weighted by molar-refractivity contribution is -0.276. The van der Waals surface area contributed by atoms with Gasteiger partial charge in [0, 0.05) is 31.1 Å². The summed E-state index contributed by atoms with van der Waals surface area (Å²) in [6.45, 7) is 6.98. The predicted octanol–water partition coefficient (Wildman–Crippen LogP) is 6.42. The number of amides is 1. The van der Waals surface area contributed by atoms with Gasteiger partial charge in [0.05, 0.1) is 24.9 Å². The number of rotatable bonds is 13. The SMILES string of the molecule is C=CCOC(=O)NCc1ccccc1-c1ccc([C@H]2O[C@@H](CN(C)C[C@@H](O)c3cccc(O)c3)[C@@H](C)[C@@H](c3ccc(CO)cc3)O2)cc1. The zero-order chi connectivity index (χ0) is 34.0. The fraction of sp³-hybridized carbons (Fsp3) is 0.308. The number of hydrogen-bond acceptors (Lipinski definition) is 8. The van der Waals surface area contributed by atoms with E-state index < -0.39 is 18.5 Å². The van der Waals surface area contributed by atoms with Crippen LogP contribution in [-0.4, -0.2) is 59.2 Å². The van der Waals surface area contributed by atoms with Gasteiger partial charge < -0.3 is 39.7 Å². The highest BCUT2D eigenvalue weighted by Crippen LogP contribution is 2.42. The summed E-state index contributed by atoms with van der Waals surface area (Å²) in [5, 5.41) is 33.1. The Morgan fingerprint density at radius 3 is 2.44 bits per heavy atom. The summed E-state index contributed by atoms with van der Waals surface area (Å²) in [6.07, 6.45) is -0.926. The molecular formula is C39H44N2O7. The number of phenolic OH excluding ortho intramolecular Hbond substituents is 1. The first-order chi connectivity index (χ1) is 23.2. The number of hydrogen-bond donors (Lipinski definition) is 4. The van der Waals surface area contributed by atoms with Gasteiger partial charge in [0.1, 0.15) is 12.4 Å². The molecule has 0 unspecified atom stereocenters. The normalized spacial score (nSPS) is 19.9. The zero-order valence-corrected chi connectivity index (χ0v) is 27.4. The number of carbonyl (C=O) groups excluding carboxylic acids is 1. The Morgan fingerprint density at radius 1 is 1.00 bits per heavy atom. The number of ether oxygens (including phenoxy) is 3. The Hall–Kier alpha value is -4.51. The summed E-state index contributed by atoms with van der Waals surface area (Å²) in [6, 6.07) is 30.4. The molecule has 9 nitrogen and oxygen atoms in total. The van der Waals surface area contributed by atoms with Crippen molar-refractivity contribution >= 4 is 6.09 Å². The second kappa shape index (κ2) is 16.5. The van der Waals surface area contributed by atoms with Crippen LogP contribution in [0.3, 0.4) is 0 Å². The lowest BCUT2D eigenvalue weighted by Crippen LogP contribution is -2.44. The number of nitrogens with zero attached hydrogens (tertiary/aromatic N) is 1. The van der Waals surface area contributed by atoms with Gasteiger partial charge in [0.15, 0.2) is 6.29 Å². The van der Waals surface area contributed by atoms with Gasteiger partial charge in [-0.3, -0.25) is 0 Å². The van der Waals surface area contributed by atoms with Crippen LogP contribution in [0.15, 0.2) is 110 Å². The van der Waals surface area contributed by atoms with Crippen LogP contribution in [0.25, 0.3) is 11.1 Å². The second-order valence-corrected chi connectivity index (χ2v) is 12.2. The van der Waals surface area contributed by atoms with Gasteiger partial charge in [-0.1, -0.05) is 105 Å². The molecule has 1 aliphatic heterocycles. The van der Waals surface area contributed by atoms with Gasteiger partial charge in [-0.15, -0.1) is 0 Å². The number of carbonyl (C=O) groups is 1. The maximum Gasteiger partial charge on any atom is 0.407 e. The van der Waals surface area contributed by atoms with Gasteiger partial charge >= 0.3 is 6.09 Å². The molecule has 5 atom stereocenters. The molecule has 1 amide bonds. The molecule has 1 fully saturated rings. The van der Waals surface area contributed by atoms with Gasteiger partial charge in [-0.05, 0) is 52.6 Å². The highest BCUT2D eigenvalue weighted by Gasteiger charge is 2.39. The second-order valence-electron chi connectivity index (χ2n) is 12.2. The Kier molecular flexibility index (Phi) is 12.0. The zero-order valence-electron chi connectivity index (χ0n) is 27.4. The van der Waals surface area contributed by atoms with Gasteiger partial charge in [0.25, 0.3) is 0 Å². The summed E-state index contributed by atoms with van der Waals surface area (Å²) in [5.41, 5.74) is 6.23. The van der Waals surface area contributed by atoms with E-state index in [0.717, 1.165) is 33.4 Å². The highest BCUT2D eigenvalue weighted by atomic mass is 16.7. The summed E-state index contributed by atoms with van der Waals surface area (Å²) < 4.78 is 18.3. The predicted molar refractivity (Wildman–Crippen MR) is 184 cm³/mol. The number of benzene rings is 4. The molecule has 4 aromatic rings. The number of alkyl carbamates (subject to hydrolysis) is 1. The lowest BCUT2D eigenvalue weighted by atomic mass is 9.90. The van der Waals surface area contributed by atoms with E-state index >= 15 is 0 Å². The minimum Gasteiger partial charge on any atom is -0.508 e. The molecule has 5 rings (SSSR count). The molecule has 0 bridgehead atoms. The van der Waals surface area contributed by atoms with Crippen LogP contribution in [0.5, 0.6) is 5.75 Å². The fourth-order valence-corrected chi connectivity index (χ4v) is 5.97. The van der Waals surface area contributed by atoms with Gasteiger partial charge in [0.2, 0.25) is 0 Å². The molecule has 0 aromatic heterocycles. The number of aromatic hydroxyl groups is 1. The van der Waals surface area contributed by atoms with Gasteiger partial charge in [-0.2, -0.15) is 0 Å². The first-order valence-corrected chi connectivity index (χ1v) is 16.1. The first kappa shape index (κ1) is 34.8. The van der Waals surface area contributed by atoms with Crippen molar-refractivity contribution < 1.29 is 34.3 Å². The summed E-state index contributed by atoms with van der Waals surface area (Å²) >= 11 is 0. The van der Waals surface area contributed by atoms with E-state index in [0.29, 0.717) is 25.2 Å². The van der Waals surface area contributed by atoms with Crippen LogP contribution in [-0.2, 0) is 27.4 Å². The molecule has 0 saturated carbocycles. The Labute approximate surface area is 282 Å². The molecular weight excluding hydrogens is 608 g/mol. The highest BCUT2D eigenvalue weighted by molar-refractivity contribution is 5.70. The Morgan fingerprint density at radius 2 is 1.73 bits per heavy atom. The van der Waals surface area contributed by atoms with E-state index in [1.165, 1.54) is 6.08 Å². The van der Waals surface area contributed by atoms with Crippen LogP contribution in [0, 0.1) is 5.92 Å². The standard InChI is InChI=1S/C39H44N2O7/c1-4-20-46-39(45)40-22-32-8-5-6-11-34(32)28-16-18-30(19-17-28)38-47-36(24-41(3)23-35(44)31-9-7-10-33(43)21-31)26(2)37(48-38)29-14-12-27(25-42)13-15-29/h4-19,21,26,35-38,42-44H,1,20,22-25H2,2-3H3,(H,40,45)/t26-,35-,36+,37+,38+/m1/s1. The molecule has 1 heterocycles. The fourth-order valence-electron chi connectivity index (χ4n) is 5.97. The third-order valence-corrected chi connectivity index (χ3v) is 8.62. The van der Waals surface area contributed by atoms with Crippen molar-refractivity contribution in [3.63, 3.8) is 0 Å². The van der Waals surface area contributed by atoms with Crippen molar-refractivity contribution in [2.75, 3.05) is 26.7 Å². The molecule has 4 N–H and O–H groups in total. The lowest BCUT2D eigenvalue weighted by Gasteiger charge is -2.42. The van der Waals surface area contributed by atoms with Crippen LogP contribution in [0.4, 0.5) is 4.79 Å². The third-order valence-electron chi connectivity index (χ3n) is 8.62. The average molecular weight is 653 g/mol. The first-order valence-electron chi connectivity index (χ1n) is 16.1. The van der Waals surface area contributed by atoms with E-state index in [1.807, 2.05) is 84.7 Å². The van der Waals surface area contributed by atoms with Crippen molar-refractivity contribution in [3.8, 4) is 16.9 Å². The largest absolute Gasteiger partial charge is 0.508 e. The maximum atomic E-state index is 12.0. The summed E-state index contributed by atoms with van der Waals surface area (Å²) in [4.78, 5) is 14.0. The van der Waals surface area contributed by atoms with E-state index in [4.69, 9.17) is 14.2 Å². The topological polar surface area (TPSA) is 121 Å². The number of aliphatic hydroxyl groups excluding tert-OH is 2. The molecule has 0 spiro atoms. The molecule has 0 aliphatic carbocycles. The van der Waals surface area contributed by atoms with Crippen LogP contribution < -0.4 is 5.32 Å². The minimum absolute atomic E-state index is 0.0293. The number of nitrogens with one attached hydrogen (secondary N) is 1. The number of likely N-dealkylation sites (N-methyl/N-ethyl adjacent to an activating group) is 1. The molecule has 9 heteroatoms. The van der Waals surface area contributed by atoms with Crippen LogP contribution in [0.1, 0.15) is 53.2 Å². The van der Waals surface area contributed by atoms with Crippen LogP contribution >= 0.6 is 0 Å². The number of phenols is 1. The van der Waals surface area contributed by atoms with Crippen molar-refractivity contribution in [1.29, 1.82) is 0 Å². The minimum atomic E-state index is -0.779. The van der Waals surface area contributed by atoms with Crippen LogP contribution in [0.2, 0.25) is 0 Å². The summed E-state index contributed by atoms with van der Waals surface area (Å²) in [5.74, 6) is 0.0852. The molecule has 4 aromatic carbocycles. The van der Waals surface area contributed by atoms with Crippen molar-refractivity contribution in [2.45, 2.75) is 44.7 Å². The molecule has 0 radical (unpaired) electrons. The van der Waals surface area contributed by atoms with Crippen molar-refractivity contribution in [1.82, 2.24) is 10.2 Å². The smallest absolute Gasteiger partial charge is 0.407 e. The van der Waals surface area contributed by atoms with E-state index in [1.54, 1.807) is 24.3 Å². The van der Waals surface area contributed by atoms with E-state index in [9.17, 15) is 20.1 Å². The molecule has 252 valence electrons. The number of aliphatic hydroxyl groups is 2. The van der Waals surface area contributed by atoms with E-state index in [2.05, 4.69) is 18.8 Å². The quantitative estimate of drug-likeness (QED) is 0.122. The Bertz CT molecular complexity index is 1640. The summed E-state index contributed by atoms with van der Waals surface area (Å²) in [7, 11) is 1.94. The third kappa shape index (κ3) is 8.89. The van der Waals surface area contributed by atoms with Crippen molar-refractivity contribution in [3.05, 3.63) is 138 Å². The Balaban J connectivity index is 1.34. The maximum absolute atomic E-state index is 12.0. The van der Waals surface area contributed by atoms with Crippen molar-refractivity contribution in [2.24, 2.45) is 5.92 Å².